The van der Waals surface area contributed by atoms with Crippen LogP contribution in [0, 0.1) is 5.92 Å². The van der Waals surface area contributed by atoms with Crippen LogP contribution in [0.3, 0.4) is 0 Å². The third-order valence-corrected chi connectivity index (χ3v) is 3.96. The van der Waals surface area contributed by atoms with Gasteiger partial charge in [-0.3, -0.25) is 0 Å². The molecule has 0 saturated carbocycles. The Labute approximate surface area is 122 Å². The minimum atomic E-state index is 0.169. The third kappa shape index (κ3) is 4.05. The highest BCUT2D eigenvalue weighted by atomic mass is 16.5. The molecule has 2 rings (SSSR count). The van der Waals surface area contributed by atoms with Crippen molar-refractivity contribution in [3.63, 3.8) is 0 Å². The lowest BCUT2D eigenvalue weighted by atomic mass is 9.97. The minimum Gasteiger partial charge on any atom is -0.380 e. The van der Waals surface area contributed by atoms with Gasteiger partial charge in [-0.15, -0.1) is 0 Å². The average molecular weight is 277 g/mol. The zero-order valence-corrected chi connectivity index (χ0v) is 12.9. The van der Waals surface area contributed by atoms with Crippen LogP contribution in [0.25, 0.3) is 0 Å². The maximum absolute atomic E-state index is 5.94. The van der Waals surface area contributed by atoms with Gasteiger partial charge in [0.2, 0.25) is 0 Å². The quantitative estimate of drug-likeness (QED) is 0.831. The molecule has 3 nitrogen and oxygen atoms in total. The van der Waals surface area contributed by atoms with Gasteiger partial charge in [0.25, 0.3) is 0 Å². The molecule has 2 atom stereocenters. The molecule has 0 aliphatic carbocycles. The lowest BCUT2D eigenvalue weighted by Crippen LogP contribution is -2.41. The molecule has 20 heavy (non-hydrogen) atoms. The van der Waals surface area contributed by atoms with Crippen LogP contribution in [0.5, 0.6) is 0 Å². The first kappa shape index (κ1) is 15.5. The van der Waals surface area contributed by atoms with Gasteiger partial charge >= 0.3 is 0 Å². The molecule has 1 heterocycles. The Bertz CT molecular complexity index is 406. The Balaban J connectivity index is 1.93. The Morgan fingerprint density at radius 1 is 1.35 bits per heavy atom. The number of nitrogens with one attached hydrogen (secondary N) is 1. The van der Waals surface area contributed by atoms with E-state index in [2.05, 4.69) is 43.4 Å². The summed E-state index contributed by atoms with van der Waals surface area (Å²) in [6, 6.07) is 8.99. The second-order valence-electron chi connectivity index (χ2n) is 5.73. The van der Waals surface area contributed by atoms with Crippen LogP contribution in [0.2, 0.25) is 0 Å². The molecule has 3 heteroatoms. The summed E-state index contributed by atoms with van der Waals surface area (Å²) in [5.41, 5.74) is 2.77. The van der Waals surface area contributed by atoms with Crippen molar-refractivity contribution in [2.45, 2.75) is 39.3 Å². The molecule has 0 fully saturated rings. The molecule has 0 bridgehead atoms. The SMILES string of the molecule is CCOCC(NCC1OCCc2ccccc21)C(C)C. The molecule has 1 aromatic rings. The number of benzene rings is 1. The summed E-state index contributed by atoms with van der Waals surface area (Å²) in [6.45, 7) is 9.71. The summed E-state index contributed by atoms with van der Waals surface area (Å²) in [4.78, 5) is 0. The van der Waals surface area contributed by atoms with Crippen LogP contribution in [-0.4, -0.2) is 32.4 Å². The lowest BCUT2D eigenvalue weighted by molar-refractivity contribution is 0.0338. The molecule has 0 saturated heterocycles. The fraction of sp³-hybridized carbons (Fsp3) is 0.647. The van der Waals surface area contributed by atoms with Crippen molar-refractivity contribution < 1.29 is 9.47 Å². The molecule has 0 radical (unpaired) electrons. The van der Waals surface area contributed by atoms with Gasteiger partial charge in [0.05, 0.1) is 19.3 Å². The van der Waals surface area contributed by atoms with Crippen LogP contribution in [0.4, 0.5) is 0 Å². The molecular formula is C17H27NO2. The highest BCUT2D eigenvalue weighted by Gasteiger charge is 2.22. The topological polar surface area (TPSA) is 30.5 Å². The Morgan fingerprint density at radius 3 is 2.90 bits per heavy atom. The van der Waals surface area contributed by atoms with Gasteiger partial charge in [0.1, 0.15) is 0 Å². The molecule has 1 N–H and O–H groups in total. The van der Waals surface area contributed by atoms with E-state index in [0.29, 0.717) is 12.0 Å². The van der Waals surface area contributed by atoms with E-state index in [1.54, 1.807) is 0 Å². The van der Waals surface area contributed by atoms with E-state index in [1.165, 1.54) is 11.1 Å². The average Bonchev–Trinajstić information content (AvgIpc) is 2.47. The van der Waals surface area contributed by atoms with Crippen molar-refractivity contribution in [1.82, 2.24) is 5.32 Å². The van der Waals surface area contributed by atoms with Gasteiger partial charge in [-0.2, -0.15) is 0 Å². The summed E-state index contributed by atoms with van der Waals surface area (Å²) in [6.07, 6.45) is 1.20. The number of ether oxygens (including phenoxy) is 2. The number of hydrogen-bond acceptors (Lipinski definition) is 3. The molecular weight excluding hydrogens is 250 g/mol. The minimum absolute atomic E-state index is 0.169. The Hall–Kier alpha value is -0.900. The van der Waals surface area contributed by atoms with Crippen LogP contribution < -0.4 is 5.32 Å². The zero-order valence-electron chi connectivity index (χ0n) is 12.9. The van der Waals surface area contributed by atoms with Crippen molar-refractivity contribution >= 4 is 0 Å². The predicted octanol–water partition coefficient (Wildman–Crippen LogP) is 2.95. The number of hydrogen-bond donors (Lipinski definition) is 1. The normalized spacial score (nSPS) is 19.9. The van der Waals surface area contributed by atoms with Crippen molar-refractivity contribution in [2.75, 3.05) is 26.4 Å². The second-order valence-corrected chi connectivity index (χ2v) is 5.73. The summed E-state index contributed by atoms with van der Waals surface area (Å²) in [5.74, 6) is 0.556. The maximum Gasteiger partial charge on any atom is 0.0952 e. The van der Waals surface area contributed by atoms with Crippen LogP contribution >= 0.6 is 0 Å². The number of rotatable bonds is 7. The van der Waals surface area contributed by atoms with Crippen molar-refractivity contribution in [3.05, 3.63) is 35.4 Å². The maximum atomic E-state index is 5.94. The third-order valence-electron chi connectivity index (χ3n) is 3.96. The van der Waals surface area contributed by atoms with Crippen molar-refractivity contribution in [3.8, 4) is 0 Å². The Morgan fingerprint density at radius 2 is 2.15 bits per heavy atom. The van der Waals surface area contributed by atoms with Gasteiger partial charge in [-0.1, -0.05) is 38.1 Å². The van der Waals surface area contributed by atoms with E-state index in [4.69, 9.17) is 9.47 Å². The van der Waals surface area contributed by atoms with E-state index < -0.39 is 0 Å². The van der Waals surface area contributed by atoms with Crippen molar-refractivity contribution in [2.24, 2.45) is 5.92 Å². The molecule has 2 unspecified atom stereocenters. The lowest BCUT2D eigenvalue weighted by Gasteiger charge is -2.29. The van der Waals surface area contributed by atoms with Gasteiger partial charge in [0.15, 0.2) is 0 Å². The van der Waals surface area contributed by atoms with Crippen molar-refractivity contribution in [1.29, 1.82) is 0 Å². The first-order valence-electron chi connectivity index (χ1n) is 7.73. The first-order valence-corrected chi connectivity index (χ1v) is 7.73. The summed E-state index contributed by atoms with van der Waals surface area (Å²) in [7, 11) is 0. The van der Waals surface area contributed by atoms with Crippen LogP contribution in [-0.2, 0) is 15.9 Å². The van der Waals surface area contributed by atoms with E-state index in [1.807, 2.05) is 6.92 Å². The van der Waals surface area contributed by atoms with Crippen LogP contribution in [0.1, 0.15) is 38.0 Å². The van der Waals surface area contributed by atoms with E-state index in [9.17, 15) is 0 Å². The fourth-order valence-electron chi connectivity index (χ4n) is 2.64. The summed E-state index contributed by atoms with van der Waals surface area (Å²) < 4.78 is 11.5. The molecule has 1 aliphatic heterocycles. The smallest absolute Gasteiger partial charge is 0.0952 e. The predicted molar refractivity (Wildman–Crippen MR) is 82.0 cm³/mol. The zero-order chi connectivity index (χ0) is 14.4. The monoisotopic (exact) mass is 277 g/mol. The van der Waals surface area contributed by atoms with E-state index in [0.717, 1.165) is 32.8 Å². The van der Waals surface area contributed by atoms with E-state index in [-0.39, 0.29) is 6.10 Å². The Kier molecular flexibility index (Phi) is 6.02. The van der Waals surface area contributed by atoms with Gasteiger partial charge in [0, 0.05) is 19.2 Å². The summed E-state index contributed by atoms with van der Waals surface area (Å²) in [5, 5.41) is 3.61. The standard InChI is InChI=1S/C17H27NO2/c1-4-19-12-16(13(2)3)18-11-17-15-8-6-5-7-14(15)9-10-20-17/h5-8,13,16-18H,4,9-12H2,1-3H3. The molecule has 0 spiro atoms. The molecule has 0 aromatic heterocycles. The second kappa shape index (κ2) is 7.77. The molecule has 0 amide bonds. The molecule has 1 aromatic carbocycles. The highest BCUT2D eigenvalue weighted by molar-refractivity contribution is 5.31. The van der Waals surface area contributed by atoms with Gasteiger partial charge < -0.3 is 14.8 Å². The fourth-order valence-corrected chi connectivity index (χ4v) is 2.64. The largest absolute Gasteiger partial charge is 0.380 e. The summed E-state index contributed by atoms with van der Waals surface area (Å²) >= 11 is 0. The molecule has 112 valence electrons. The first-order chi connectivity index (χ1) is 9.72. The highest BCUT2D eigenvalue weighted by Crippen LogP contribution is 2.26. The number of fused-ring (bicyclic) bond motifs is 1. The van der Waals surface area contributed by atoms with E-state index >= 15 is 0 Å². The van der Waals surface area contributed by atoms with Gasteiger partial charge in [-0.05, 0) is 30.4 Å². The van der Waals surface area contributed by atoms with Gasteiger partial charge in [-0.25, -0.2) is 0 Å². The van der Waals surface area contributed by atoms with Crippen LogP contribution in [0.15, 0.2) is 24.3 Å². The molecule has 1 aliphatic rings.